The van der Waals surface area contributed by atoms with Gasteiger partial charge in [-0.05, 0) is 34.1 Å². The molecule has 0 aromatic carbocycles. The summed E-state index contributed by atoms with van der Waals surface area (Å²) in [5.74, 6) is -0.885. The van der Waals surface area contributed by atoms with E-state index in [0.29, 0.717) is 19.9 Å². The van der Waals surface area contributed by atoms with Gasteiger partial charge in [-0.15, -0.1) is 10.2 Å². The van der Waals surface area contributed by atoms with Crippen molar-refractivity contribution in [2.45, 2.75) is 4.34 Å². The molecular formula is C11H8BrN3O4S2. The molecule has 0 aliphatic heterocycles. The SMILES string of the molecule is O=C(O)CSc1nnc(NC(=O)/C=C/c2ccc(Br)o2)s1. The summed E-state index contributed by atoms with van der Waals surface area (Å²) < 4.78 is 6.26. The van der Waals surface area contributed by atoms with E-state index in [2.05, 4.69) is 31.4 Å². The molecule has 2 rings (SSSR count). The lowest BCUT2D eigenvalue weighted by atomic mass is 10.4. The summed E-state index contributed by atoms with van der Waals surface area (Å²) in [5.41, 5.74) is 0. The van der Waals surface area contributed by atoms with Crippen LogP contribution in [0.2, 0.25) is 0 Å². The predicted octanol–water partition coefficient (Wildman–Crippen LogP) is 2.72. The Morgan fingerprint density at radius 3 is 2.95 bits per heavy atom. The Morgan fingerprint density at radius 2 is 2.29 bits per heavy atom. The zero-order valence-electron chi connectivity index (χ0n) is 10.3. The van der Waals surface area contributed by atoms with Gasteiger partial charge in [0.15, 0.2) is 9.01 Å². The fraction of sp³-hybridized carbons (Fsp3) is 0.0909. The number of aromatic nitrogens is 2. The number of furan rings is 1. The molecule has 2 aromatic heterocycles. The number of nitrogens with zero attached hydrogens (tertiary/aromatic N) is 2. The van der Waals surface area contributed by atoms with Crippen LogP contribution in [0, 0.1) is 0 Å². The van der Waals surface area contributed by atoms with Gasteiger partial charge in [-0.3, -0.25) is 14.9 Å². The molecule has 0 atom stereocenters. The number of rotatable bonds is 6. The number of hydrogen-bond donors (Lipinski definition) is 2. The molecule has 2 aromatic rings. The number of nitrogens with one attached hydrogen (secondary N) is 1. The average Bonchev–Trinajstić information content (AvgIpc) is 3.03. The number of thioether (sulfide) groups is 1. The molecule has 0 aliphatic rings. The smallest absolute Gasteiger partial charge is 0.313 e. The third-order valence-electron chi connectivity index (χ3n) is 1.95. The molecule has 0 saturated heterocycles. The van der Waals surface area contributed by atoms with Crippen molar-refractivity contribution in [3.05, 3.63) is 28.6 Å². The summed E-state index contributed by atoms with van der Waals surface area (Å²) in [6.45, 7) is 0. The second-order valence-electron chi connectivity index (χ2n) is 3.52. The monoisotopic (exact) mass is 389 g/mol. The van der Waals surface area contributed by atoms with Crippen molar-refractivity contribution in [1.29, 1.82) is 0 Å². The lowest BCUT2D eigenvalue weighted by Gasteiger charge is -1.93. The zero-order valence-corrected chi connectivity index (χ0v) is 13.5. The minimum Gasteiger partial charge on any atom is -0.481 e. The van der Waals surface area contributed by atoms with E-state index >= 15 is 0 Å². The molecule has 0 unspecified atom stereocenters. The standard InChI is InChI=1S/C11H8BrN3O4S2/c12-7-3-1-6(19-7)2-4-8(16)13-10-14-15-11(21-10)20-5-9(17)18/h1-4H,5H2,(H,17,18)(H,13,14,16)/b4-2+. The van der Waals surface area contributed by atoms with Gasteiger partial charge in [-0.25, -0.2) is 0 Å². The van der Waals surface area contributed by atoms with Gasteiger partial charge in [-0.1, -0.05) is 23.1 Å². The number of anilines is 1. The van der Waals surface area contributed by atoms with Crippen LogP contribution in [-0.4, -0.2) is 32.9 Å². The molecule has 2 heterocycles. The van der Waals surface area contributed by atoms with Gasteiger partial charge < -0.3 is 9.52 Å². The number of carbonyl (C=O) groups is 2. The summed E-state index contributed by atoms with van der Waals surface area (Å²) in [6.07, 6.45) is 2.82. The summed E-state index contributed by atoms with van der Waals surface area (Å²) in [5, 5.41) is 18.9. The van der Waals surface area contributed by atoms with E-state index in [4.69, 9.17) is 9.52 Å². The lowest BCUT2D eigenvalue weighted by molar-refractivity contribution is -0.133. The van der Waals surface area contributed by atoms with E-state index in [1.807, 2.05) is 0 Å². The zero-order chi connectivity index (χ0) is 15.2. The van der Waals surface area contributed by atoms with Crippen LogP contribution >= 0.6 is 39.0 Å². The molecular weight excluding hydrogens is 382 g/mol. The summed E-state index contributed by atoms with van der Waals surface area (Å²) in [7, 11) is 0. The minimum absolute atomic E-state index is 0.101. The van der Waals surface area contributed by atoms with Crippen LogP contribution < -0.4 is 5.32 Å². The van der Waals surface area contributed by atoms with Gasteiger partial charge in [0.2, 0.25) is 11.0 Å². The first-order chi connectivity index (χ1) is 10.0. The topological polar surface area (TPSA) is 105 Å². The molecule has 0 spiro atoms. The lowest BCUT2D eigenvalue weighted by Crippen LogP contribution is -2.07. The Morgan fingerprint density at radius 1 is 1.48 bits per heavy atom. The third-order valence-corrected chi connectivity index (χ3v) is 4.33. The summed E-state index contributed by atoms with van der Waals surface area (Å²) in [4.78, 5) is 22.1. The highest BCUT2D eigenvalue weighted by atomic mass is 79.9. The Bertz CT molecular complexity index is 683. The maximum Gasteiger partial charge on any atom is 0.313 e. The van der Waals surface area contributed by atoms with E-state index in [-0.39, 0.29) is 11.7 Å². The van der Waals surface area contributed by atoms with Crippen LogP contribution in [0.4, 0.5) is 5.13 Å². The Hall–Kier alpha value is -1.65. The maximum atomic E-state index is 11.7. The summed E-state index contributed by atoms with van der Waals surface area (Å²) >= 11 is 5.31. The molecule has 0 saturated carbocycles. The number of amides is 1. The van der Waals surface area contributed by atoms with Gasteiger partial charge in [0, 0.05) is 6.08 Å². The molecule has 1 amide bonds. The van der Waals surface area contributed by atoms with Crippen LogP contribution in [-0.2, 0) is 9.59 Å². The number of carboxylic acid groups (broad SMARTS) is 1. The van der Waals surface area contributed by atoms with Crippen LogP contribution in [0.3, 0.4) is 0 Å². The van der Waals surface area contributed by atoms with E-state index in [1.165, 1.54) is 12.2 Å². The first kappa shape index (κ1) is 15.7. The molecule has 7 nitrogen and oxygen atoms in total. The Labute approximate surface area is 135 Å². The highest BCUT2D eigenvalue weighted by Gasteiger charge is 2.08. The molecule has 0 fully saturated rings. The first-order valence-electron chi connectivity index (χ1n) is 5.45. The van der Waals surface area contributed by atoms with Crippen molar-refractivity contribution in [3.8, 4) is 0 Å². The predicted molar refractivity (Wildman–Crippen MR) is 82.3 cm³/mol. The Kier molecular flexibility index (Phi) is 5.53. The first-order valence-corrected chi connectivity index (χ1v) is 8.05. The van der Waals surface area contributed by atoms with E-state index in [0.717, 1.165) is 23.1 Å². The quantitative estimate of drug-likeness (QED) is 0.444. The van der Waals surface area contributed by atoms with E-state index in [9.17, 15) is 9.59 Å². The van der Waals surface area contributed by atoms with Crippen LogP contribution in [0.25, 0.3) is 6.08 Å². The van der Waals surface area contributed by atoms with Gasteiger partial charge in [0.25, 0.3) is 0 Å². The van der Waals surface area contributed by atoms with Gasteiger partial charge in [0.1, 0.15) is 5.76 Å². The molecule has 0 bridgehead atoms. The fourth-order valence-electron chi connectivity index (χ4n) is 1.16. The largest absolute Gasteiger partial charge is 0.481 e. The van der Waals surface area contributed by atoms with Gasteiger partial charge >= 0.3 is 5.97 Å². The molecule has 0 aliphatic carbocycles. The number of carbonyl (C=O) groups excluding carboxylic acids is 1. The van der Waals surface area contributed by atoms with Gasteiger partial charge in [0.05, 0.1) is 5.75 Å². The molecule has 2 N–H and O–H groups in total. The van der Waals surface area contributed by atoms with E-state index < -0.39 is 5.97 Å². The highest BCUT2D eigenvalue weighted by molar-refractivity contribution is 9.10. The van der Waals surface area contributed by atoms with Crippen molar-refractivity contribution in [2.75, 3.05) is 11.1 Å². The van der Waals surface area contributed by atoms with Crippen molar-refractivity contribution < 1.29 is 19.1 Å². The van der Waals surface area contributed by atoms with Crippen molar-refractivity contribution in [2.24, 2.45) is 0 Å². The van der Waals surface area contributed by atoms with Crippen LogP contribution in [0.5, 0.6) is 0 Å². The van der Waals surface area contributed by atoms with Crippen LogP contribution in [0.1, 0.15) is 5.76 Å². The third kappa shape index (κ3) is 5.33. The van der Waals surface area contributed by atoms with Crippen molar-refractivity contribution in [1.82, 2.24) is 10.2 Å². The fourth-order valence-corrected chi connectivity index (χ4v) is 2.96. The maximum absolute atomic E-state index is 11.7. The summed E-state index contributed by atoms with van der Waals surface area (Å²) in [6, 6.07) is 3.42. The Balaban J connectivity index is 1.87. The normalized spacial score (nSPS) is 10.9. The van der Waals surface area contributed by atoms with Crippen molar-refractivity contribution in [3.63, 3.8) is 0 Å². The second kappa shape index (κ2) is 7.38. The van der Waals surface area contributed by atoms with E-state index in [1.54, 1.807) is 12.1 Å². The second-order valence-corrected chi connectivity index (χ2v) is 6.50. The molecule has 10 heteroatoms. The van der Waals surface area contributed by atoms with Gasteiger partial charge in [-0.2, -0.15) is 0 Å². The number of hydrogen-bond acceptors (Lipinski definition) is 7. The number of aliphatic carboxylic acids is 1. The minimum atomic E-state index is -0.937. The number of carboxylic acids is 1. The molecule has 0 radical (unpaired) electrons. The van der Waals surface area contributed by atoms with Crippen LogP contribution in [0.15, 0.2) is 31.6 Å². The average molecular weight is 390 g/mol. The molecule has 110 valence electrons. The molecule has 21 heavy (non-hydrogen) atoms. The van der Waals surface area contributed by atoms with Crippen molar-refractivity contribution >= 4 is 62.1 Å². The highest BCUT2D eigenvalue weighted by Crippen LogP contribution is 2.25. The number of halogens is 1.